The van der Waals surface area contributed by atoms with Crippen LogP contribution in [0.25, 0.3) is 5.65 Å². The van der Waals surface area contributed by atoms with Gasteiger partial charge < -0.3 is 11.1 Å². The number of aromatic nitrogens is 3. The SMILES string of the molecule is CCC(CC)(CN)C(=O)Nc1ccc(Cc2nnc3ccccn23)cc1.Cl.Cl. The summed E-state index contributed by atoms with van der Waals surface area (Å²) < 4.78 is 1.98. The number of nitrogens with zero attached hydrogens (tertiary/aromatic N) is 3. The zero-order valence-corrected chi connectivity index (χ0v) is 17.7. The highest BCUT2D eigenvalue weighted by molar-refractivity contribution is 5.95. The number of carbonyl (C=O) groups excluding carboxylic acids is 1. The molecule has 0 unspecified atom stereocenters. The molecule has 1 amide bonds. The van der Waals surface area contributed by atoms with Gasteiger partial charge in [-0.25, -0.2) is 0 Å². The Morgan fingerprint density at radius 3 is 2.36 bits per heavy atom. The highest BCUT2D eigenvalue weighted by Gasteiger charge is 2.33. The number of amides is 1. The van der Waals surface area contributed by atoms with Gasteiger partial charge in [0, 0.05) is 24.8 Å². The van der Waals surface area contributed by atoms with Crippen molar-refractivity contribution in [2.75, 3.05) is 11.9 Å². The zero-order chi connectivity index (χ0) is 18.6. The van der Waals surface area contributed by atoms with Crippen molar-refractivity contribution in [3.8, 4) is 0 Å². The Hall–Kier alpha value is -2.15. The van der Waals surface area contributed by atoms with Gasteiger partial charge in [-0.05, 0) is 42.7 Å². The summed E-state index contributed by atoms with van der Waals surface area (Å²) in [4.78, 5) is 12.6. The van der Waals surface area contributed by atoms with E-state index in [2.05, 4.69) is 15.5 Å². The molecule has 3 N–H and O–H groups in total. The van der Waals surface area contributed by atoms with E-state index in [-0.39, 0.29) is 30.7 Å². The van der Waals surface area contributed by atoms with Crippen molar-refractivity contribution in [1.29, 1.82) is 0 Å². The maximum atomic E-state index is 12.6. The van der Waals surface area contributed by atoms with Crippen LogP contribution in [0.2, 0.25) is 0 Å². The van der Waals surface area contributed by atoms with Gasteiger partial charge in [0.15, 0.2) is 5.65 Å². The van der Waals surface area contributed by atoms with Crippen LogP contribution in [0.15, 0.2) is 48.7 Å². The third-order valence-electron chi connectivity index (χ3n) is 5.18. The van der Waals surface area contributed by atoms with Crippen LogP contribution in [0.1, 0.15) is 38.1 Å². The average Bonchev–Trinajstić information content (AvgIpc) is 3.08. The lowest BCUT2D eigenvalue weighted by molar-refractivity contribution is -0.125. The molecule has 2 heterocycles. The third-order valence-corrected chi connectivity index (χ3v) is 5.18. The Bertz CT molecular complexity index is 883. The molecular formula is C20H27Cl2N5O. The molecule has 0 bridgehead atoms. The molecule has 8 heteroatoms. The highest BCUT2D eigenvalue weighted by atomic mass is 35.5. The summed E-state index contributed by atoms with van der Waals surface area (Å²) in [5.74, 6) is 0.873. The minimum atomic E-state index is -0.501. The number of hydrogen-bond acceptors (Lipinski definition) is 4. The number of nitrogens with one attached hydrogen (secondary N) is 1. The molecular weight excluding hydrogens is 397 g/mol. The fourth-order valence-electron chi connectivity index (χ4n) is 3.12. The molecule has 6 nitrogen and oxygen atoms in total. The number of fused-ring (bicyclic) bond motifs is 1. The molecule has 0 aliphatic rings. The van der Waals surface area contributed by atoms with Gasteiger partial charge in [-0.2, -0.15) is 0 Å². The second kappa shape index (κ2) is 10.4. The van der Waals surface area contributed by atoms with E-state index in [0.29, 0.717) is 13.0 Å². The minimum Gasteiger partial charge on any atom is -0.329 e. The maximum absolute atomic E-state index is 12.6. The molecule has 2 aromatic heterocycles. The monoisotopic (exact) mass is 423 g/mol. The van der Waals surface area contributed by atoms with Gasteiger partial charge in [-0.15, -0.1) is 35.0 Å². The second-order valence-corrected chi connectivity index (χ2v) is 6.56. The highest BCUT2D eigenvalue weighted by Crippen LogP contribution is 2.27. The maximum Gasteiger partial charge on any atom is 0.231 e. The van der Waals surface area contributed by atoms with Crippen LogP contribution >= 0.6 is 24.8 Å². The molecule has 0 spiro atoms. The second-order valence-electron chi connectivity index (χ2n) is 6.56. The topological polar surface area (TPSA) is 85.3 Å². The molecule has 0 atom stereocenters. The first-order valence-corrected chi connectivity index (χ1v) is 9.01. The largest absolute Gasteiger partial charge is 0.329 e. The number of nitrogens with two attached hydrogens (primary N) is 1. The zero-order valence-electron chi connectivity index (χ0n) is 16.1. The minimum absolute atomic E-state index is 0. The summed E-state index contributed by atoms with van der Waals surface area (Å²) in [6.07, 6.45) is 4.09. The molecule has 0 fully saturated rings. The molecule has 1 aromatic carbocycles. The van der Waals surface area contributed by atoms with E-state index in [1.165, 1.54) is 0 Å². The van der Waals surface area contributed by atoms with Crippen LogP contribution in [-0.4, -0.2) is 27.0 Å². The van der Waals surface area contributed by atoms with Crippen LogP contribution in [0.3, 0.4) is 0 Å². The number of rotatable bonds is 7. The number of halogens is 2. The lowest BCUT2D eigenvalue weighted by Gasteiger charge is -2.28. The Labute approximate surface area is 177 Å². The number of benzene rings is 1. The van der Waals surface area contributed by atoms with E-state index in [9.17, 15) is 4.79 Å². The first-order valence-electron chi connectivity index (χ1n) is 9.01. The molecule has 28 heavy (non-hydrogen) atoms. The van der Waals surface area contributed by atoms with Crippen molar-refractivity contribution in [3.63, 3.8) is 0 Å². The van der Waals surface area contributed by atoms with Gasteiger partial charge >= 0.3 is 0 Å². The first-order chi connectivity index (χ1) is 12.6. The first kappa shape index (κ1) is 23.9. The van der Waals surface area contributed by atoms with Crippen LogP contribution in [0.4, 0.5) is 5.69 Å². The van der Waals surface area contributed by atoms with E-state index in [0.717, 1.165) is 35.6 Å². The summed E-state index contributed by atoms with van der Waals surface area (Å²) >= 11 is 0. The number of anilines is 1. The van der Waals surface area contributed by atoms with Crippen molar-refractivity contribution < 1.29 is 4.79 Å². The van der Waals surface area contributed by atoms with Crippen molar-refractivity contribution in [2.24, 2.45) is 11.1 Å². The molecule has 0 aliphatic carbocycles. The number of carbonyl (C=O) groups is 1. The van der Waals surface area contributed by atoms with Crippen molar-refractivity contribution in [2.45, 2.75) is 33.1 Å². The molecule has 0 radical (unpaired) electrons. The Balaban J connectivity index is 0.00000196. The van der Waals surface area contributed by atoms with E-state index in [1.54, 1.807) is 0 Å². The van der Waals surface area contributed by atoms with Crippen molar-refractivity contribution in [3.05, 3.63) is 60.0 Å². The van der Waals surface area contributed by atoms with Gasteiger partial charge in [0.1, 0.15) is 5.82 Å². The predicted molar refractivity (Wildman–Crippen MR) is 117 cm³/mol. The summed E-state index contributed by atoms with van der Waals surface area (Å²) in [6, 6.07) is 13.7. The van der Waals surface area contributed by atoms with Crippen LogP contribution in [-0.2, 0) is 11.2 Å². The van der Waals surface area contributed by atoms with E-state index >= 15 is 0 Å². The summed E-state index contributed by atoms with van der Waals surface area (Å²) in [6.45, 7) is 4.35. The van der Waals surface area contributed by atoms with E-state index in [1.807, 2.05) is 66.9 Å². The van der Waals surface area contributed by atoms with Crippen LogP contribution in [0, 0.1) is 5.41 Å². The van der Waals surface area contributed by atoms with E-state index in [4.69, 9.17) is 5.73 Å². The smallest absolute Gasteiger partial charge is 0.231 e. The normalized spacial score (nSPS) is 10.8. The third kappa shape index (κ3) is 4.82. The van der Waals surface area contributed by atoms with Crippen molar-refractivity contribution in [1.82, 2.24) is 14.6 Å². The lowest BCUT2D eigenvalue weighted by atomic mass is 9.81. The quantitative estimate of drug-likeness (QED) is 0.603. The molecule has 0 saturated carbocycles. The summed E-state index contributed by atoms with van der Waals surface area (Å²) in [5.41, 5.74) is 8.08. The summed E-state index contributed by atoms with van der Waals surface area (Å²) in [5, 5.41) is 11.4. The number of pyridine rings is 1. The Morgan fingerprint density at radius 1 is 1.07 bits per heavy atom. The van der Waals surface area contributed by atoms with Gasteiger partial charge in [0.05, 0.1) is 5.41 Å². The molecule has 3 rings (SSSR count). The lowest BCUT2D eigenvalue weighted by Crippen LogP contribution is -2.41. The van der Waals surface area contributed by atoms with Crippen LogP contribution in [0.5, 0.6) is 0 Å². The fourth-order valence-corrected chi connectivity index (χ4v) is 3.12. The predicted octanol–water partition coefficient (Wildman–Crippen LogP) is 3.87. The number of hydrogen-bond donors (Lipinski definition) is 2. The average molecular weight is 424 g/mol. The van der Waals surface area contributed by atoms with E-state index < -0.39 is 5.41 Å². The Kier molecular flexibility index (Phi) is 8.88. The van der Waals surface area contributed by atoms with Gasteiger partial charge in [-0.1, -0.05) is 32.0 Å². The standard InChI is InChI=1S/C20H25N5O.2ClH/c1-3-20(4-2,14-21)19(26)22-16-10-8-15(9-11-16)13-18-24-23-17-7-5-6-12-25(17)18;;/h5-12H,3-4,13-14,21H2,1-2H3,(H,22,26);2*1H. The van der Waals surface area contributed by atoms with Gasteiger partial charge in [0.25, 0.3) is 0 Å². The van der Waals surface area contributed by atoms with Gasteiger partial charge in [0.2, 0.25) is 5.91 Å². The Morgan fingerprint density at radius 2 is 1.75 bits per heavy atom. The molecule has 3 aromatic rings. The molecule has 0 saturated heterocycles. The molecule has 152 valence electrons. The van der Waals surface area contributed by atoms with Crippen LogP contribution < -0.4 is 11.1 Å². The summed E-state index contributed by atoms with van der Waals surface area (Å²) in [7, 11) is 0. The van der Waals surface area contributed by atoms with Gasteiger partial charge in [-0.3, -0.25) is 9.20 Å². The molecule has 0 aliphatic heterocycles. The fraction of sp³-hybridized carbons (Fsp3) is 0.350. The van der Waals surface area contributed by atoms with Crippen molar-refractivity contribution >= 4 is 42.1 Å².